The van der Waals surface area contributed by atoms with E-state index < -0.39 is 0 Å². The number of nitrogens with one attached hydrogen (secondary N) is 1. The average molecular weight is 430 g/mol. The van der Waals surface area contributed by atoms with Crippen LogP contribution in [0.5, 0.6) is 0 Å². The molecule has 3 rings (SSSR count). The van der Waals surface area contributed by atoms with Crippen LogP contribution in [0.2, 0.25) is 15.1 Å². The molecule has 2 aromatic carbocycles. The van der Waals surface area contributed by atoms with Crippen molar-refractivity contribution in [1.29, 1.82) is 0 Å². The molecule has 1 N–H and O–H groups in total. The van der Waals surface area contributed by atoms with Crippen LogP contribution >= 0.6 is 58.8 Å². The topological polar surface area (TPSA) is 32.3 Å². The molecule has 0 aliphatic carbocycles. The fourth-order valence-electron chi connectivity index (χ4n) is 2.13. The molecule has 8 heteroatoms. The molecule has 0 atom stereocenters. The van der Waals surface area contributed by atoms with Gasteiger partial charge in [0.1, 0.15) is 4.32 Å². The molecule has 2 aromatic rings. The molecule has 1 heterocycles. The summed E-state index contributed by atoms with van der Waals surface area (Å²) < 4.78 is 0.498. The Bertz CT molecular complexity index is 869. The molecule has 1 aliphatic heterocycles. The number of rotatable bonds is 4. The highest BCUT2D eigenvalue weighted by Crippen LogP contribution is 2.33. The lowest BCUT2D eigenvalue weighted by molar-refractivity contribution is -0.121. The summed E-state index contributed by atoms with van der Waals surface area (Å²) in [7, 11) is 0. The quantitative estimate of drug-likeness (QED) is 0.483. The van der Waals surface area contributed by atoms with Gasteiger partial charge in [0.25, 0.3) is 5.91 Å². The van der Waals surface area contributed by atoms with Crippen LogP contribution in [0.4, 0.5) is 5.69 Å². The zero-order valence-corrected chi connectivity index (χ0v) is 16.5. The van der Waals surface area contributed by atoms with Crippen LogP contribution in [0.1, 0.15) is 5.56 Å². The number of amides is 1. The molecule has 0 saturated carbocycles. The Morgan fingerprint density at radius 3 is 2.48 bits per heavy atom. The summed E-state index contributed by atoms with van der Waals surface area (Å²) in [5.41, 5.74) is 1.65. The standard InChI is InChI=1S/C17H11Cl3N2OS2/c18-11-2-4-12(5-3-11)21-9-22-16(23)15(25-17(22)24)8-10-1-6-13(19)14(20)7-10/h1-8,21H,9H2. The molecular formula is C17H11Cl3N2OS2. The second-order valence-electron chi connectivity index (χ2n) is 5.13. The van der Waals surface area contributed by atoms with Crippen LogP contribution in [-0.2, 0) is 4.79 Å². The van der Waals surface area contributed by atoms with Gasteiger partial charge in [-0.05, 0) is 48.0 Å². The van der Waals surface area contributed by atoms with Crippen molar-refractivity contribution in [2.45, 2.75) is 0 Å². The number of anilines is 1. The molecule has 0 aromatic heterocycles. The first-order valence-corrected chi connectivity index (χ1v) is 9.50. The van der Waals surface area contributed by atoms with E-state index in [-0.39, 0.29) is 12.6 Å². The monoisotopic (exact) mass is 428 g/mol. The van der Waals surface area contributed by atoms with Crippen LogP contribution in [-0.4, -0.2) is 21.8 Å². The van der Waals surface area contributed by atoms with Crippen molar-refractivity contribution in [3.05, 3.63) is 68.0 Å². The van der Waals surface area contributed by atoms with E-state index in [9.17, 15) is 4.79 Å². The van der Waals surface area contributed by atoms with Gasteiger partial charge < -0.3 is 5.32 Å². The lowest BCUT2D eigenvalue weighted by Crippen LogP contribution is -2.33. The Balaban J connectivity index is 1.72. The Morgan fingerprint density at radius 1 is 1.08 bits per heavy atom. The molecule has 0 radical (unpaired) electrons. The SMILES string of the molecule is O=C1C(=Cc2ccc(Cl)c(Cl)c2)SC(=S)N1CNc1ccc(Cl)cc1. The van der Waals surface area contributed by atoms with Crippen molar-refractivity contribution in [3.63, 3.8) is 0 Å². The molecule has 0 bridgehead atoms. The largest absolute Gasteiger partial charge is 0.367 e. The lowest BCUT2D eigenvalue weighted by atomic mass is 10.2. The van der Waals surface area contributed by atoms with E-state index in [4.69, 9.17) is 47.0 Å². The molecular weight excluding hydrogens is 419 g/mol. The van der Waals surface area contributed by atoms with E-state index >= 15 is 0 Å². The highest BCUT2D eigenvalue weighted by Gasteiger charge is 2.31. The number of halogens is 3. The Hall–Kier alpha value is -1.24. The molecule has 0 spiro atoms. The summed E-state index contributed by atoms with van der Waals surface area (Å²) in [6.45, 7) is 0.283. The number of thiocarbonyl (C=S) groups is 1. The molecule has 1 aliphatic rings. The normalized spacial score (nSPS) is 16.0. The summed E-state index contributed by atoms with van der Waals surface area (Å²) in [4.78, 5) is 14.6. The first kappa shape index (κ1) is 18.5. The van der Waals surface area contributed by atoms with Crippen molar-refractivity contribution in [2.75, 3.05) is 12.0 Å². The van der Waals surface area contributed by atoms with Gasteiger partial charge >= 0.3 is 0 Å². The van der Waals surface area contributed by atoms with Crippen LogP contribution < -0.4 is 5.32 Å². The van der Waals surface area contributed by atoms with E-state index in [0.717, 1.165) is 11.3 Å². The third-order valence-corrected chi connectivity index (χ3v) is 5.77. The van der Waals surface area contributed by atoms with E-state index in [2.05, 4.69) is 5.32 Å². The minimum atomic E-state index is -0.150. The summed E-state index contributed by atoms with van der Waals surface area (Å²) in [5, 5.41) is 4.72. The number of hydrogen-bond donors (Lipinski definition) is 1. The molecule has 0 unspecified atom stereocenters. The summed E-state index contributed by atoms with van der Waals surface area (Å²) in [6.07, 6.45) is 1.75. The number of carbonyl (C=O) groups is 1. The van der Waals surface area contributed by atoms with Gasteiger partial charge in [-0.1, -0.05) is 64.8 Å². The zero-order chi connectivity index (χ0) is 18.0. The minimum Gasteiger partial charge on any atom is -0.367 e. The van der Waals surface area contributed by atoms with Crippen molar-refractivity contribution in [3.8, 4) is 0 Å². The summed E-state index contributed by atoms with van der Waals surface area (Å²) >= 11 is 24.4. The van der Waals surface area contributed by atoms with Gasteiger partial charge in [0.15, 0.2) is 0 Å². The lowest BCUT2D eigenvalue weighted by Gasteiger charge is -2.16. The minimum absolute atomic E-state index is 0.150. The molecule has 1 saturated heterocycles. The Kier molecular flexibility index (Phi) is 5.92. The maximum absolute atomic E-state index is 12.6. The van der Waals surface area contributed by atoms with Gasteiger partial charge in [-0.3, -0.25) is 9.69 Å². The number of hydrogen-bond acceptors (Lipinski definition) is 4. The van der Waals surface area contributed by atoms with Gasteiger partial charge in [0, 0.05) is 10.7 Å². The predicted octanol–water partition coefficient (Wildman–Crippen LogP) is 5.92. The number of nitrogens with zero attached hydrogens (tertiary/aromatic N) is 1. The zero-order valence-electron chi connectivity index (χ0n) is 12.6. The second kappa shape index (κ2) is 7.98. The highest BCUT2D eigenvalue weighted by atomic mass is 35.5. The van der Waals surface area contributed by atoms with Crippen LogP contribution in [0.15, 0.2) is 47.4 Å². The van der Waals surface area contributed by atoms with E-state index in [1.54, 1.807) is 36.4 Å². The molecule has 25 heavy (non-hydrogen) atoms. The third kappa shape index (κ3) is 4.49. The first-order chi connectivity index (χ1) is 11.9. The van der Waals surface area contributed by atoms with Crippen molar-refractivity contribution >= 4 is 80.8 Å². The van der Waals surface area contributed by atoms with Crippen LogP contribution in [0, 0.1) is 0 Å². The van der Waals surface area contributed by atoms with E-state index in [1.165, 1.54) is 16.7 Å². The van der Waals surface area contributed by atoms with Gasteiger partial charge in [-0.15, -0.1) is 0 Å². The Labute approximate surface area is 169 Å². The van der Waals surface area contributed by atoms with Gasteiger partial charge in [0.2, 0.25) is 0 Å². The summed E-state index contributed by atoms with van der Waals surface area (Å²) in [6, 6.07) is 12.4. The Morgan fingerprint density at radius 2 is 1.80 bits per heavy atom. The van der Waals surface area contributed by atoms with Gasteiger partial charge in [0.05, 0.1) is 21.6 Å². The second-order valence-corrected chi connectivity index (χ2v) is 8.05. The van der Waals surface area contributed by atoms with Gasteiger partial charge in [-0.25, -0.2) is 0 Å². The maximum Gasteiger partial charge on any atom is 0.267 e. The number of thioether (sulfide) groups is 1. The smallest absolute Gasteiger partial charge is 0.267 e. The molecule has 128 valence electrons. The fourth-order valence-corrected chi connectivity index (χ4v) is 3.82. The van der Waals surface area contributed by atoms with Crippen molar-refractivity contribution in [2.24, 2.45) is 0 Å². The first-order valence-electron chi connectivity index (χ1n) is 7.14. The number of carbonyl (C=O) groups excluding carboxylic acids is 1. The third-order valence-electron chi connectivity index (χ3n) is 3.40. The van der Waals surface area contributed by atoms with Crippen molar-refractivity contribution in [1.82, 2.24) is 4.90 Å². The highest BCUT2D eigenvalue weighted by molar-refractivity contribution is 8.26. The summed E-state index contributed by atoms with van der Waals surface area (Å²) in [5.74, 6) is -0.150. The predicted molar refractivity (Wildman–Crippen MR) is 111 cm³/mol. The fraction of sp³-hybridized carbons (Fsp3) is 0.0588. The molecule has 3 nitrogen and oxygen atoms in total. The number of benzene rings is 2. The van der Waals surface area contributed by atoms with Crippen LogP contribution in [0.25, 0.3) is 6.08 Å². The molecule has 1 amide bonds. The van der Waals surface area contributed by atoms with E-state index in [1.807, 2.05) is 12.1 Å². The van der Waals surface area contributed by atoms with E-state index in [0.29, 0.717) is 24.3 Å². The molecule has 1 fully saturated rings. The average Bonchev–Trinajstić information content (AvgIpc) is 2.84. The van der Waals surface area contributed by atoms with Crippen LogP contribution in [0.3, 0.4) is 0 Å². The van der Waals surface area contributed by atoms with Crippen molar-refractivity contribution < 1.29 is 4.79 Å². The van der Waals surface area contributed by atoms with Gasteiger partial charge in [-0.2, -0.15) is 0 Å². The maximum atomic E-state index is 12.6.